The van der Waals surface area contributed by atoms with Crippen LogP contribution in [-0.2, 0) is 4.79 Å². The number of carbonyl (C=O) groups is 2. The Kier molecular flexibility index (Phi) is 5.72. The van der Waals surface area contributed by atoms with Crippen LogP contribution in [0.2, 0.25) is 0 Å². The molecule has 0 aliphatic carbocycles. The van der Waals surface area contributed by atoms with E-state index in [4.69, 9.17) is 0 Å². The van der Waals surface area contributed by atoms with Crippen LogP contribution in [0.1, 0.15) is 30.6 Å². The molecule has 1 aromatic rings. The highest BCUT2D eigenvalue weighted by Crippen LogP contribution is 2.11. The van der Waals surface area contributed by atoms with E-state index >= 15 is 0 Å². The lowest BCUT2D eigenvalue weighted by Gasteiger charge is -2.29. The Hall–Kier alpha value is -2.14. The summed E-state index contributed by atoms with van der Waals surface area (Å²) in [5.74, 6) is -0.0826. The zero-order valence-electron chi connectivity index (χ0n) is 13.2. The summed E-state index contributed by atoms with van der Waals surface area (Å²) < 4.78 is 0. The highest BCUT2D eigenvalue weighted by molar-refractivity contribution is 5.95. The third-order valence-electron chi connectivity index (χ3n) is 3.77. The maximum Gasteiger partial charge on any atom is 0.265 e. The maximum atomic E-state index is 12.4. The van der Waals surface area contributed by atoms with Gasteiger partial charge >= 0.3 is 0 Å². The van der Waals surface area contributed by atoms with Gasteiger partial charge in [0.05, 0.1) is 0 Å². The monoisotopic (exact) mass is 301 g/mol. The maximum absolute atomic E-state index is 12.4. The molecule has 1 aliphatic heterocycles. The van der Waals surface area contributed by atoms with Crippen molar-refractivity contribution in [3.63, 3.8) is 0 Å². The van der Waals surface area contributed by atoms with Gasteiger partial charge in [0.2, 0.25) is 0 Å². The van der Waals surface area contributed by atoms with Crippen molar-refractivity contribution in [2.24, 2.45) is 0 Å². The van der Waals surface area contributed by atoms with E-state index in [0.29, 0.717) is 31.7 Å². The standard InChI is InChI=1S/C17H23N3O2/c1-3-19(4-2)17(22)15-11-8-12-20(13-15)18-16(21)14-9-6-5-7-10-14/h5-7,9-11H,3-4,8,12-13H2,1-2H3,(H,18,21). The summed E-state index contributed by atoms with van der Waals surface area (Å²) in [6.07, 6.45) is 2.74. The van der Waals surface area contributed by atoms with Crippen LogP contribution in [0.25, 0.3) is 0 Å². The average Bonchev–Trinajstić information content (AvgIpc) is 2.57. The van der Waals surface area contributed by atoms with Crippen molar-refractivity contribution < 1.29 is 9.59 Å². The molecule has 0 saturated carbocycles. The highest BCUT2D eigenvalue weighted by atomic mass is 16.2. The van der Waals surface area contributed by atoms with E-state index in [1.807, 2.05) is 43.1 Å². The Labute approximate surface area is 131 Å². The summed E-state index contributed by atoms with van der Waals surface area (Å²) in [5, 5.41) is 1.81. The van der Waals surface area contributed by atoms with E-state index in [2.05, 4.69) is 5.43 Å². The van der Waals surface area contributed by atoms with Gasteiger partial charge in [-0.1, -0.05) is 24.3 Å². The van der Waals surface area contributed by atoms with Crippen molar-refractivity contribution >= 4 is 11.8 Å². The third kappa shape index (κ3) is 3.95. The van der Waals surface area contributed by atoms with Crippen LogP contribution in [0.4, 0.5) is 0 Å². The molecular formula is C17H23N3O2. The van der Waals surface area contributed by atoms with Gasteiger partial charge in [0.15, 0.2) is 0 Å². The number of likely N-dealkylation sites (N-methyl/N-ethyl adjacent to an activating group) is 1. The Bertz CT molecular complexity index is 550. The molecule has 2 amide bonds. The molecule has 0 fully saturated rings. The summed E-state index contributed by atoms with van der Waals surface area (Å²) in [6.45, 7) is 6.51. The molecule has 0 spiro atoms. The first-order valence-corrected chi connectivity index (χ1v) is 7.75. The first-order chi connectivity index (χ1) is 10.7. The summed E-state index contributed by atoms with van der Waals surface area (Å²) >= 11 is 0. The molecule has 1 aromatic carbocycles. The smallest absolute Gasteiger partial charge is 0.265 e. The number of nitrogens with one attached hydrogen (secondary N) is 1. The molecule has 0 aromatic heterocycles. The van der Waals surface area contributed by atoms with Crippen molar-refractivity contribution in [3.05, 3.63) is 47.5 Å². The van der Waals surface area contributed by atoms with Crippen LogP contribution in [-0.4, -0.2) is 47.9 Å². The lowest BCUT2D eigenvalue weighted by molar-refractivity contribution is -0.127. The second-order valence-electron chi connectivity index (χ2n) is 5.22. The molecule has 2 rings (SSSR count). The minimum atomic E-state index is -0.142. The normalized spacial score (nSPS) is 15.1. The summed E-state index contributed by atoms with van der Waals surface area (Å²) in [6, 6.07) is 9.09. The Morgan fingerprint density at radius 1 is 1.18 bits per heavy atom. The predicted molar refractivity (Wildman–Crippen MR) is 86.1 cm³/mol. The Balaban J connectivity index is 1.97. The van der Waals surface area contributed by atoms with E-state index in [9.17, 15) is 9.59 Å². The van der Waals surface area contributed by atoms with Crippen LogP contribution >= 0.6 is 0 Å². The molecule has 5 nitrogen and oxygen atoms in total. The van der Waals surface area contributed by atoms with Crippen LogP contribution < -0.4 is 5.43 Å². The summed E-state index contributed by atoms with van der Waals surface area (Å²) in [4.78, 5) is 26.3. The number of hydrazine groups is 1. The van der Waals surface area contributed by atoms with Crippen molar-refractivity contribution in [3.8, 4) is 0 Å². The predicted octanol–water partition coefficient (Wildman–Crippen LogP) is 1.83. The van der Waals surface area contributed by atoms with Gasteiger partial charge < -0.3 is 4.90 Å². The minimum absolute atomic E-state index is 0.0589. The lowest BCUT2D eigenvalue weighted by atomic mass is 10.1. The highest BCUT2D eigenvalue weighted by Gasteiger charge is 2.22. The van der Waals surface area contributed by atoms with Gasteiger partial charge in [0, 0.05) is 37.3 Å². The molecule has 1 N–H and O–H groups in total. The van der Waals surface area contributed by atoms with E-state index in [1.165, 1.54) is 0 Å². The fourth-order valence-corrected chi connectivity index (χ4v) is 2.51. The van der Waals surface area contributed by atoms with Crippen LogP contribution in [0.3, 0.4) is 0 Å². The SMILES string of the molecule is CCN(CC)C(=O)C1=CCCN(NC(=O)c2ccccc2)C1. The van der Waals surface area contributed by atoms with Gasteiger partial charge in [-0.2, -0.15) is 0 Å². The van der Waals surface area contributed by atoms with Gasteiger partial charge in [-0.15, -0.1) is 0 Å². The van der Waals surface area contributed by atoms with Gasteiger partial charge in [0.25, 0.3) is 11.8 Å². The molecular weight excluding hydrogens is 278 g/mol. The molecule has 0 radical (unpaired) electrons. The first-order valence-electron chi connectivity index (χ1n) is 7.75. The van der Waals surface area contributed by atoms with E-state index in [-0.39, 0.29) is 11.8 Å². The lowest BCUT2D eigenvalue weighted by Crippen LogP contribution is -2.47. The number of hydrogen-bond donors (Lipinski definition) is 1. The minimum Gasteiger partial charge on any atom is -0.339 e. The average molecular weight is 301 g/mol. The zero-order chi connectivity index (χ0) is 15.9. The summed E-state index contributed by atoms with van der Waals surface area (Å²) in [7, 11) is 0. The number of hydrogen-bond acceptors (Lipinski definition) is 3. The molecule has 0 atom stereocenters. The van der Waals surface area contributed by atoms with Crippen molar-refractivity contribution in [1.29, 1.82) is 0 Å². The molecule has 118 valence electrons. The first kappa shape index (κ1) is 16.2. The van der Waals surface area contributed by atoms with Gasteiger partial charge in [-0.25, -0.2) is 5.01 Å². The Morgan fingerprint density at radius 2 is 1.86 bits per heavy atom. The second kappa shape index (κ2) is 7.75. The largest absolute Gasteiger partial charge is 0.339 e. The second-order valence-corrected chi connectivity index (χ2v) is 5.22. The van der Waals surface area contributed by atoms with Gasteiger partial charge in [0.1, 0.15) is 0 Å². The molecule has 5 heteroatoms. The van der Waals surface area contributed by atoms with Gasteiger partial charge in [-0.3, -0.25) is 15.0 Å². The topological polar surface area (TPSA) is 52.7 Å². The number of rotatable bonds is 5. The molecule has 0 unspecified atom stereocenters. The fraction of sp³-hybridized carbons (Fsp3) is 0.412. The quantitative estimate of drug-likeness (QED) is 0.903. The van der Waals surface area contributed by atoms with Gasteiger partial charge in [-0.05, 0) is 32.4 Å². The number of amides is 2. The molecule has 0 saturated heterocycles. The van der Waals surface area contributed by atoms with E-state index in [0.717, 1.165) is 12.0 Å². The fourth-order valence-electron chi connectivity index (χ4n) is 2.51. The molecule has 0 bridgehead atoms. The van der Waals surface area contributed by atoms with Crippen LogP contribution in [0, 0.1) is 0 Å². The Morgan fingerprint density at radius 3 is 2.50 bits per heavy atom. The van der Waals surface area contributed by atoms with Crippen LogP contribution in [0.5, 0.6) is 0 Å². The number of carbonyl (C=O) groups excluding carboxylic acids is 2. The van der Waals surface area contributed by atoms with Crippen molar-refractivity contribution in [1.82, 2.24) is 15.3 Å². The van der Waals surface area contributed by atoms with E-state index in [1.54, 1.807) is 17.0 Å². The summed E-state index contributed by atoms with van der Waals surface area (Å²) in [5.41, 5.74) is 4.25. The van der Waals surface area contributed by atoms with Crippen molar-refractivity contribution in [2.45, 2.75) is 20.3 Å². The molecule has 1 heterocycles. The molecule has 1 aliphatic rings. The number of benzene rings is 1. The van der Waals surface area contributed by atoms with Crippen LogP contribution in [0.15, 0.2) is 42.0 Å². The molecule has 22 heavy (non-hydrogen) atoms. The number of nitrogens with zero attached hydrogens (tertiary/aromatic N) is 2. The third-order valence-corrected chi connectivity index (χ3v) is 3.77. The zero-order valence-corrected chi connectivity index (χ0v) is 13.2. The van der Waals surface area contributed by atoms with E-state index < -0.39 is 0 Å². The van der Waals surface area contributed by atoms with Crippen molar-refractivity contribution in [2.75, 3.05) is 26.2 Å².